The first-order chi connectivity index (χ1) is 9.87. The van der Waals surface area contributed by atoms with E-state index in [2.05, 4.69) is 4.74 Å². The first kappa shape index (κ1) is 15.8. The Bertz CT molecular complexity index is 520. The Morgan fingerprint density at radius 2 is 2.10 bits per heavy atom. The third-order valence-corrected chi connectivity index (χ3v) is 3.61. The fraction of sp³-hybridized carbons (Fsp3) is 0.500. The SMILES string of the molecule is COC(=O)C1(F)CCN(CC(O)c2c(F)cccc2F)C1. The van der Waals surface area contributed by atoms with Gasteiger partial charge in [-0.1, -0.05) is 6.07 Å². The summed E-state index contributed by atoms with van der Waals surface area (Å²) in [5.74, 6) is -2.70. The van der Waals surface area contributed by atoms with Crippen LogP contribution in [0.5, 0.6) is 0 Å². The summed E-state index contributed by atoms with van der Waals surface area (Å²) >= 11 is 0. The van der Waals surface area contributed by atoms with Crippen molar-refractivity contribution in [1.29, 1.82) is 0 Å². The summed E-state index contributed by atoms with van der Waals surface area (Å²) in [7, 11) is 1.09. The number of likely N-dealkylation sites (tertiary alicyclic amines) is 1. The summed E-state index contributed by atoms with van der Waals surface area (Å²) in [5.41, 5.74) is -2.59. The summed E-state index contributed by atoms with van der Waals surface area (Å²) < 4.78 is 45.7. The number of methoxy groups -OCH3 is 1. The zero-order valence-corrected chi connectivity index (χ0v) is 11.5. The number of alkyl halides is 1. The summed E-state index contributed by atoms with van der Waals surface area (Å²) in [5, 5.41) is 9.95. The number of hydrogen-bond donors (Lipinski definition) is 1. The molecule has 1 saturated heterocycles. The average Bonchev–Trinajstić information content (AvgIpc) is 2.80. The number of ether oxygens (including phenoxy) is 1. The van der Waals surface area contributed by atoms with Crippen LogP contribution in [0.1, 0.15) is 18.1 Å². The first-order valence-electron chi connectivity index (χ1n) is 6.49. The third-order valence-electron chi connectivity index (χ3n) is 3.61. The minimum absolute atomic E-state index is 0.0772. The van der Waals surface area contributed by atoms with Crippen molar-refractivity contribution in [2.24, 2.45) is 0 Å². The van der Waals surface area contributed by atoms with Gasteiger partial charge in [0.15, 0.2) is 0 Å². The molecule has 0 saturated carbocycles. The number of benzene rings is 1. The molecule has 4 nitrogen and oxygen atoms in total. The highest BCUT2D eigenvalue weighted by molar-refractivity contribution is 5.80. The van der Waals surface area contributed by atoms with E-state index in [4.69, 9.17) is 0 Å². The molecule has 2 unspecified atom stereocenters. The Balaban J connectivity index is 2.05. The number of nitrogens with zero attached hydrogens (tertiary/aromatic N) is 1. The van der Waals surface area contributed by atoms with Gasteiger partial charge >= 0.3 is 5.97 Å². The molecular formula is C14H16F3NO3. The summed E-state index contributed by atoms with van der Waals surface area (Å²) in [6.07, 6.45) is -1.52. The smallest absolute Gasteiger partial charge is 0.345 e. The van der Waals surface area contributed by atoms with E-state index in [1.165, 1.54) is 11.0 Å². The number of esters is 1. The zero-order chi connectivity index (χ0) is 15.6. The normalized spacial score (nSPS) is 24.0. The number of rotatable bonds is 4. The topological polar surface area (TPSA) is 49.8 Å². The van der Waals surface area contributed by atoms with Crippen molar-refractivity contribution in [1.82, 2.24) is 4.90 Å². The quantitative estimate of drug-likeness (QED) is 0.858. The molecule has 1 aromatic rings. The second-order valence-corrected chi connectivity index (χ2v) is 5.09. The van der Waals surface area contributed by atoms with Crippen molar-refractivity contribution in [2.45, 2.75) is 18.2 Å². The zero-order valence-electron chi connectivity index (χ0n) is 11.5. The van der Waals surface area contributed by atoms with Crippen molar-refractivity contribution >= 4 is 5.97 Å². The molecule has 0 bridgehead atoms. The highest BCUT2D eigenvalue weighted by Gasteiger charge is 2.46. The molecule has 7 heteroatoms. The number of β-amino-alcohol motifs (C(OH)–C–C–N with tert-alkyl or cyclic N) is 1. The van der Waals surface area contributed by atoms with Gasteiger partial charge in [-0.25, -0.2) is 18.0 Å². The number of carbonyl (C=O) groups excluding carboxylic acids is 1. The lowest BCUT2D eigenvalue weighted by atomic mass is 10.1. The van der Waals surface area contributed by atoms with E-state index in [0.717, 1.165) is 19.2 Å². The third kappa shape index (κ3) is 3.19. The van der Waals surface area contributed by atoms with Crippen LogP contribution in [0, 0.1) is 11.6 Å². The van der Waals surface area contributed by atoms with E-state index in [1.54, 1.807) is 0 Å². The molecule has 2 rings (SSSR count). The minimum Gasteiger partial charge on any atom is -0.467 e. The number of carbonyl (C=O) groups is 1. The second-order valence-electron chi connectivity index (χ2n) is 5.09. The Kier molecular flexibility index (Phi) is 4.53. The van der Waals surface area contributed by atoms with Gasteiger partial charge in [0.2, 0.25) is 5.67 Å². The van der Waals surface area contributed by atoms with Gasteiger partial charge in [0.05, 0.1) is 18.8 Å². The van der Waals surface area contributed by atoms with Gasteiger partial charge in [-0.3, -0.25) is 4.90 Å². The molecule has 2 atom stereocenters. The number of aliphatic hydroxyl groups excluding tert-OH is 1. The van der Waals surface area contributed by atoms with Gasteiger partial charge in [-0.05, 0) is 12.1 Å². The standard InChI is InChI=1S/C14H16F3NO3/c1-21-13(20)14(17)5-6-18(8-14)7-11(19)12-9(15)3-2-4-10(12)16/h2-4,11,19H,5-8H2,1H3. The van der Waals surface area contributed by atoms with Gasteiger partial charge in [-0.15, -0.1) is 0 Å². The fourth-order valence-electron chi connectivity index (χ4n) is 2.52. The number of hydrogen-bond acceptors (Lipinski definition) is 4. The van der Waals surface area contributed by atoms with Crippen LogP contribution in [-0.4, -0.2) is 48.4 Å². The molecule has 1 aromatic carbocycles. The minimum atomic E-state index is -2.14. The predicted octanol–water partition coefficient (Wildman–Crippen LogP) is 1.59. The molecule has 1 aliphatic rings. The summed E-state index contributed by atoms with van der Waals surface area (Å²) in [6.45, 7) is -0.244. The number of aliphatic hydroxyl groups is 1. The molecule has 1 N–H and O–H groups in total. The van der Waals surface area contributed by atoms with Gasteiger partial charge < -0.3 is 9.84 Å². The molecule has 116 valence electrons. The van der Waals surface area contributed by atoms with Crippen molar-refractivity contribution in [3.05, 3.63) is 35.4 Å². The predicted molar refractivity (Wildman–Crippen MR) is 68.2 cm³/mol. The van der Waals surface area contributed by atoms with Crippen molar-refractivity contribution < 1.29 is 27.8 Å². The van der Waals surface area contributed by atoms with Crippen LogP contribution in [-0.2, 0) is 9.53 Å². The lowest BCUT2D eigenvalue weighted by Gasteiger charge is -2.22. The molecule has 21 heavy (non-hydrogen) atoms. The maximum Gasteiger partial charge on any atom is 0.345 e. The van der Waals surface area contributed by atoms with E-state index in [0.29, 0.717) is 0 Å². The molecule has 0 aromatic heterocycles. The molecule has 0 amide bonds. The van der Waals surface area contributed by atoms with Crippen LogP contribution in [0.2, 0.25) is 0 Å². The molecular weight excluding hydrogens is 287 g/mol. The molecule has 1 aliphatic heterocycles. The number of halogens is 3. The van der Waals surface area contributed by atoms with Gasteiger partial charge in [0.25, 0.3) is 0 Å². The Labute approximate surface area is 120 Å². The lowest BCUT2D eigenvalue weighted by molar-refractivity contribution is -0.153. The molecule has 0 spiro atoms. The average molecular weight is 303 g/mol. The Hall–Kier alpha value is -1.60. The van der Waals surface area contributed by atoms with Gasteiger partial charge in [-0.2, -0.15) is 0 Å². The van der Waals surface area contributed by atoms with E-state index >= 15 is 0 Å². The van der Waals surface area contributed by atoms with Crippen molar-refractivity contribution in [3.8, 4) is 0 Å². The summed E-state index contributed by atoms with van der Waals surface area (Å²) in [6, 6.07) is 3.28. The fourth-order valence-corrected chi connectivity index (χ4v) is 2.52. The highest BCUT2D eigenvalue weighted by Crippen LogP contribution is 2.29. The van der Waals surface area contributed by atoms with E-state index in [9.17, 15) is 23.1 Å². The highest BCUT2D eigenvalue weighted by atomic mass is 19.1. The van der Waals surface area contributed by atoms with Crippen molar-refractivity contribution in [2.75, 3.05) is 26.7 Å². The maximum atomic E-state index is 14.2. The summed E-state index contributed by atoms with van der Waals surface area (Å²) in [4.78, 5) is 12.8. The van der Waals surface area contributed by atoms with Crippen LogP contribution >= 0.6 is 0 Å². The van der Waals surface area contributed by atoms with Crippen LogP contribution in [0.4, 0.5) is 13.2 Å². The van der Waals surface area contributed by atoms with Crippen LogP contribution in [0.3, 0.4) is 0 Å². The van der Waals surface area contributed by atoms with Crippen molar-refractivity contribution in [3.63, 3.8) is 0 Å². The van der Waals surface area contributed by atoms with E-state index < -0.39 is 34.9 Å². The van der Waals surface area contributed by atoms with Gasteiger partial charge in [0, 0.05) is 26.1 Å². The van der Waals surface area contributed by atoms with Crippen LogP contribution < -0.4 is 0 Å². The molecule has 1 fully saturated rings. The first-order valence-corrected chi connectivity index (χ1v) is 6.49. The Morgan fingerprint density at radius 1 is 1.48 bits per heavy atom. The van der Waals surface area contributed by atoms with E-state index in [1.807, 2.05) is 0 Å². The van der Waals surface area contributed by atoms with Gasteiger partial charge in [0.1, 0.15) is 11.6 Å². The van der Waals surface area contributed by atoms with Crippen LogP contribution in [0.25, 0.3) is 0 Å². The largest absolute Gasteiger partial charge is 0.467 e. The second kappa shape index (κ2) is 6.03. The molecule has 0 aliphatic carbocycles. The van der Waals surface area contributed by atoms with E-state index in [-0.39, 0.29) is 26.1 Å². The lowest BCUT2D eigenvalue weighted by Crippen LogP contribution is -2.39. The molecule has 0 radical (unpaired) electrons. The Morgan fingerprint density at radius 3 is 2.67 bits per heavy atom. The molecule has 1 heterocycles. The van der Waals surface area contributed by atoms with Crippen LogP contribution in [0.15, 0.2) is 18.2 Å². The maximum absolute atomic E-state index is 14.2. The monoisotopic (exact) mass is 303 g/mol.